The number of hydrogen-bond acceptors (Lipinski definition) is 3. The molecule has 0 heterocycles. The van der Waals surface area contributed by atoms with Gasteiger partial charge in [-0.2, -0.15) is 0 Å². The third-order valence-electron chi connectivity index (χ3n) is 0. The predicted molar refractivity (Wildman–Crippen MR) is 6.66 cm³/mol. The van der Waals surface area contributed by atoms with Gasteiger partial charge in [0.25, 0.3) is 0 Å². The van der Waals surface area contributed by atoms with Crippen molar-refractivity contribution in [3.05, 3.63) is 0 Å². The van der Waals surface area contributed by atoms with Crippen molar-refractivity contribution in [1.29, 1.82) is 0 Å². The van der Waals surface area contributed by atoms with Crippen LogP contribution < -0.4 is 0 Å². The molecule has 0 unspecified atom stereocenters. The first-order chi connectivity index (χ1) is 1.73. The van der Waals surface area contributed by atoms with Gasteiger partial charge in [0.15, 0.2) is 0 Å². The van der Waals surface area contributed by atoms with Crippen LogP contribution in [0.4, 0.5) is 0 Å². The van der Waals surface area contributed by atoms with Gasteiger partial charge in [-0.05, 0) is 0 Å². The Hall–Kier alpha value is 1.17. The van der Waals surface area contributed by atoms with Crippen molar-refractivity contribution < 1.29 is 49.3 Å². The van der Waals surface area contributed by atoms with E-state index >= 15 is 0 Å². The van der Waals surface area contributed by atoms with Crippen LogP contribution in [0.15, 0.2) is 0 Å². The Bertz CT molecular complexity index is 11.6. The maximum absolute atomic E-state index is 7.31. The third-order valence-corrected chi connectivity index (χ3v) is 0. The molecule has 39 valence electrons. The van der Waals surface area contributed by atoms with Crippen LogP contribution in [0.25, 0.3) is 0 Å². The number of hydrogen-bond donors (Lipinski definition) is 3. The van der Waals surface area contributed by atoms with Crippen LogP contribution in [0.5, 0.6) is 0 Å². The zero-order valence-electron chi connectivity index (χ0n) is 2.01. The molecule has 0 saturated carbocycles. The molecule has 0 aliphatic heterocycles. The van der Waals surface area contributed by atoms with Gasteiger partial charge in [0.2, 0.25) is 0 Å². The molecular weight excluding hydrogens is 255 g/mol. The van der Waals surface area contributed by atoms with E-state index in [0.29, 0.717) is 0 Å². The van der Waals surface area contributed by atoms with Gasteiger partial charge < -0.3 is 0 Å². The van der Waals surface area contributed by atoms with E-state index in [2.05, 4.69) is 0 Å². The Kier molecular flexibility index (Phi) is 9.80. The molecular formula is H3O3PdRu. The summed E-state index contributed by atoms with van der Waals surface area (Å²) < 4.78 is 21.9. The monoisotopic (exact) mass is 259 g/mol. The van der Waals surface area contributed by atoms with Crippen molar-refractivity contribution >= 4 is 0 Å². The zero-order chi connectivity index (χ0) is 3.58. The van der Waals surface area contributed by atoms with Gasteiger partial charge in [-0.3, -0.25) is 0 Å². The van der Waals surface area contributed by atoms with Gasteiger partial charge in [-0.1, -0.05) is 0 Å². The molecule has 0 aromatic rings. The molecule has 0 amide bonds. The summed E-state index contributed by atoms with van der Waals surface area (Å²) in [6, 6.07) is 0. The summed E-state index contributed by atoms with van der Waals surface area (Å²) in [6.45, 7) is 0. The molecule has 5 heavy (non-hydrogen) atoms. The second-order valence-corrected chi connectivity index (χ2v) is 1.25. The average Bonchev–Trinajstić information content (AvgIpc) is 0.811. The Morgan fingerprint density at radius 3 is 1.00 bits per heavy atom. The van der Waals surface area contributed by atoms with Crippen molar-refractivity contribution in [2.75, 3.05) is 0 Å². The predicted octanol–water partition coefficient (Wildman–Crippen LogP) is -1.68. The van der Waals surface area contributed by atoms with Crippen molar-refractivity contribution in [2.45, 2.75) is 0 Å². The van der Waals surface area contributed by atoms with E-state index in [1.807, 2.05) is 0 Å². The van der Waals surface area contributed by atoms with E-state index in [4.69, 9.17) is 11.8 Å². The maximum Gasteiger partial charge on any atom is 0 e. The zero-order valence-corrected chi connectivity index (χ0v) is 5.30. The molecule has 3 N–H and O–H groups in total. The molecule has 0 rings (SSSR count). The molecule has 0 aromatic heterocycles. The molecule has 0 fully saturated rings. The van der Waals surface area contributed by atoms with Crippen LogP contribution in [0, 0.1) is 0 Å². The average molecular weight is 259 g/mol. The van der Waals surface area contributed by atoms with E-state index < -0.39 is 17.0 Å². The van der Waals surface area contributed by atoms with Gasteiger partial charge in [0.05, 0.1) is 0 Å². The van der Waals surface area contributed by atoms with Gasteiger partial charge in [-0.25, -0.2) is 0 Å². The molecule has 0 spiro atoms. The van der Waals surface area contributed by atoms with E-state index in [0.717, 1.165) is 0 Å². The molecule has 0 aliphatic carbocycles. The molecule has 0 aliphatic rings. The van der Waals surface area contributed by atoms with Crippen LogP contribution in [0.3, 0.4) is 0 Å². The minimum Gasteiger partial charge on any atom is 0 e. The first kappa shape index (κ1) is 9.48. The van der Waals surface area contributed by atoms with E-state index in [1.54, 1.807) is 0 Å². The molecule has 0 aromatic carbocycles. The second-order valence-electron chi connectivity index (χ2n) is 0.212. The van der Waals surface area contributed by atoms with Crippen molar-refractivity contribution in [3.63, 3.8) is 0 Å². The summed E-state index contributed by atoms with van der Waals surface area (Å²) in [6.07, 6.45) is 0. The minimum atomic E-state index is -3.17. The largest absolute Gasteiger partial charge is 0 e. The van der Waals surface area contributed by atoms with Crippen molar-refractivity contribution in [3.8, 4) is 0 Å². The number of rotatable bonds is 0. The summed E-state index contributed by atoms with van der Waals surface area (Å²) >= 11 is -3.17. The van der Waals surface area contributed by atoms with Crippen LogP contribution in [0.1, 0.15) is 0 Å². The summed E-state index contributed by atoms with van der Waals surface area (Å²) in [4.78, 5) is 0. The molecule has 3 nitrogen and oxygen atoms in total. The Balaban J connectivity index is 0. The minimum absolute atomic E-state index is 0. The third kappa shape index (κ3) is 38.1. The molecule has 5 heteroatoms. The molecule has 0 bridgehead atoms. The molecule has 0 saturated heterocycles. The fourth-order valence-electron chi connectivity index (χ4n) is 0. The molecule has 0 atom stereocenters. The van der Waals surface area contributed by atoms with Crippen LogP contribution in [0.2, 0.25) is 0 Å². The topological polar surface area (TPSA) is 60.7 Å². The Morgan fingerprint density at radius 2 is 1.00 bits per heavy atom. The summed E-state index contributed by atoms with van der Waals surface area (Å²) in [7, 11) is 0. The van der Waals surface area contributed by atoms with Crippen LogP contribution >= 0.6 is 0 Å². The summed E-state index contributed by atoms with van der Waals surface area (Å²) in [5.41, 5.74) is 0. The molecule has 0 radical (unpaired) electrons. The standard InChI is InChI=1S/3H2O.Pd.Ru/h3*1H2;;/q;;;;+3/p-3. The van der Waals surface area contributed by atoms with Gasteiger partial charge in [-0.15, -0.1) is 0 Å². The van der Waals surface area contributed by atoms with Crippen LogP contribution in [-0.4, -0.2) is 11.8 Å². The van der Waals surface area contributed by atoms with Crippen molar-refractivity contribution in [2.24, 2.45) is 0 Å². The smallest absolute Gasteiger partial charge is 0 e. The Labute approximate surface area is 49.4 Å². The van der Waals surface area contributed by atoms with E-state index in [9.17, 15) is 0 Å². The Morgan fingerprint density at radius 1 is 1.00 bits per heavy atom. The quantitative estimate of drug-likeness (QED) is 0.455. The summed E-state index contributed by atoms with van der Waals surface area (Å²) in [5, 5.41) is 0. The first-order valence-electron chi connectivity index (χ1n) is 0.474. The van der Waals surface area contributed by atoms with Gasteiger partial charge in [0.1, 0.15) is 0 Å². The second kappa shape index (κ2) is 5.17. The van der Waals surface area contributed by atoms with Gasteiger partial charge in [0, 0.05) is 20.4 Å². The maximum atomic E-state index is 7.31. The summed E-state index contributed by atoms with van der Waals surface area (Å²) in [5.74, 6) is 0. The van der Waals surface area contributed by atoms with Crippen molar-refractivity contribution in [1.82, 2.24) is 0 Å². The normalized spacial score (nSPS) is 9.00. The van der Waals surface area contributed by atoms with Crippen LogP contribution in [-0.2, 0) is 37.5 Å². The SMILES string of the molecule is [OH][Ru]([OH])[OH].[Pd]. The van der Waals surface area contributed by atoms with E-state index in [1.165, 1.54) is 0 Å². The van der Waals surface area contributed by atoms with Gasteiger partial charge >= 0.3 is 28.8 Å². The van der Waals surface area contributed by atoms with E-state index in [-0.39, 0.29) is 20.4 Å². The first-order valence-corrected chi connectivity index (χ1v) is 2.81. The fraction of sp³-hybridized carbons (Fsp3) is 0. The fourth-order valence-corrected chi connectivity index (χ4v) is 0.